The van der Waals surface area contributed by atoms with Crippen molar-refractivity contribution >= 4 is 63.6 Å². The predicted octanol–water partition coefficient (Wildman–Crippen LogP) is 6.39. The van der Waals surface area contributed by atoms with Crippen molar-refractivity contribution in [1.82, 2.24) is 5.32 Å². The summed E-state index contributed by atoms with van der Waals surface area (Å²) in [5, 5.41) is 4.89. The molecule has 6 nitrogen and oxygen atoms in total. The number of halogens is 2. The van der Waals surface area contributed by atoms with Gasteiger partial charge in [0.25, 0.3) is 11.8 Å². The second-order valence-corrected chi connectivity index (χ2v) is 8.86. The molecule has 4 aromatic rings. The number of benzene rings is 4. The van der Waals surface area contributed by atoms with Crippen LogP contribution in [0.4, 0.5) is 10.5 Å². The molecule has 1 saturated heterocycles. The summed E-state index contributed by atoms with van der Waals surface area (Å²) in [4.78, 5) is 39.6. The Balaban J connectivity index is 1.58. The lowest BCUT2D eigenvalue weighted by molar-refractivity contribution is -0.122. The van der Waals surface area contributed by atoms with E-state index in [1.807, 2.05) is 30.3 Å². The monoisotopic (exact) mass is 516 g/mol. The first-order chi connectivity index (χ1) is 17.4. The van der Waals surface area contributed by atoms with Crippen LogP contribution in [0.25, 0.3) is 16.8 Å². The number of imide groups is 2. The highest BCUT2D eigenvalue weighted by Crippen LogP contribution is 2.33. The zero-order valence-electron chi connectivity index (χ0n) is 18.7. The van der Waals surface area contributed by atoms with Gasteiger partial charge in [0.15, 0.2) is 0 Å². The molecule has 0 unspecified atom stereocenters. The Morgan fingerprint density at radius 1 is 0.861 bits per heavy atom. The molecule has 0 aromatic heterocycles. The van der Waals surface area contributed by atoms with Gasteiger partial charge in [-0.15, -0.1) is 0 Å². The molecule has 4 amide bonds. The average Bonchev–Trinajstić information content (AvgIpc) is 2.87. The van der Waals surface area contributed by atoms with Gasteiger partial charge in [-0.1, -0.05) is 77.8 Å². The van der Waals surface area contributed by atoms with Crippen LogP contribution in [0.15, 0.2) is 90.5 Å². The molecule has 178 valence electrons. The van der Waals surface area contributed by atoms with E-state index in [9.17, 15) is 14.4 Å². The Hall–Kier alpha value is -4.13. The second kappa shape index (κ2) is 9.85. The predicted molar refractivity (Wildman–Crippen MR) is 140 cm³/mol. The Morgan fingerprint density at radius 3 is 2.39 bits per heavy atom. The van der Waals surface area contributed by atoms with E-state index in [4.69, 9.17) is 27.9 Å². The van der Waals surface area contributed by atoms with Gasteiger partial charge >= 0.3 is 6.03 Å². The Bertz CT molecular complexity index is 1550. The van der Waals surface area contributed by atoms with Crippen molar-refractivity contribution in [1.29, 1.82) is 0 Å². The van der Waals surface area contributed by atoms with E-state index in [0.29, 0.717) is 27.0 Å². The van der Waals surface area contributed by atoms with Gasteiger partial charge in [0, 0.05) is 21.2 Å². The molecular formula is C28H18Cl2N2O4. The van der Waals surface area contributed by atoms with Gasteiger partial charge < -0.3 is 4.74 Å². The molecule has 1 N–H and O–H groups in total. The first-order valence-corrected chi connectivity index (χ1v) is 11.7. The number of nitrogens with one attached hydrogen (secondary N) is 1. The highest BCUT2D eigenvalue weighted by atomic mass is 35.5. The summed E-state index contributed by atoms with van der Waals surface area (Å²) in [5.41, 5.74) is 1.41. The summed E-state index contributed by atoms with van der Waals surface area (Å²) in [7, 11) is 0. The zero-order valence-corrected chi connectivity index (χ0v) is 20.2. The van der Waals surface area contributed by atoms with Gasteiger partial charge in [-0.05, 0) is 47.2 Å². The van der Waals surface area contributed by atoms with Crippen molar-refractivity contribution in [3.63, 3.8) is 0 Å². The van der Waals surface area contributed by atoms with Gasteiger partial charge in [0.05, 0.1) is 5.69 Å². The van der Waals surface area contributed by atoms with E-state index in [2.05, 4.69) is 5.32 Å². The van der Waals surface area contributed by atoms with Crippen LogP contribution in [-0.2, 0) is 16.2 Å². The highest BCUT2D eigenvalue weighted by molar-refractivity contribution is 6.39. The van der Waals surface area contributed by atoms with Crippen LogP contribution in [0.2, 0.25) is 10.0 Å². The fourth-order valence-corrected chi connectivity index (χ4v) is 4.42. The van der Waals surface area contributed by atoms with E-state index in [-0.39, 0.29) is 12.2 Å². The van der Waals surface area contributed by atoms with Gasteiger partial charge in [0.1, 0.15) is 17.9 Å². The smallest absolute Gasteiger partial charge is 0.335 e. The van der Waals surface area contributed by atoms with Crippen molar-refractivity contribution in [2.24, 2.45) is 0 Å². The molecule has 0 radical (unpaired) electrons. The maximum atomic E-state index is 13.4. The Labute approximate surface area is 216 Å². The lowest BCUT2D eigenvalue weighted by Gasteiger charge is -2.26. The number of urea groups is 1. The van der Waals surface area contributed by atoms with Crippen LogP contribution in [0.3, 0.4) is 0 Å². The van der Waals surface area contributed by atoms with Crippen LogP contribution < -0.4 is 15.0 Å². The number of ether oxygens (including phenoxy) is 1. The number of hydrogen-bond acceptors (Lipinski definition) is 4. The minimum absolute atomic E-state index is 0.138. The molecule has 5 rings (SSSR count). The Kier molecular flexibility index (Phi) is 6.46. The number of barbiturate groups is 1. The zero-order chi connectivity index (χ0) is 25.2. The quantitative estimate of drug-likeness (QED) is 0.246. The lowest BCUT2D eigenvalue weighted by Crippen LogP contribution is -2.54. The number of anilines is 1. The third kappa shape index (κ3) is 4.56. The third-order valence-electron chi connectivity index (χ3n) is 5.73. The molecule has 0 aliphatic carbocycles. The van der Waals surface area contributed by atoms with Gasteiger partial charge in [-0.3, -0.25) is 14.9 Å². The fraction of sp³-hybridized carbons (Fsp3) is 0.0357. The fourth-order valence-electron chi connectivity index (χ4n) is 3.96. The maximum absolute atomic E-state index is 13.4. The van der Waals surface area contributed by atoms with Crippen LogP contribution in [0, 0.1) is 0 Å². The largest absolute Gasteiger partial charge is 0.488 e. The SMILES string of the molecule is O=C1NC(=O)N(c2ccccc2)C(=O)/C1=C/c1c(OCc2ccc(Cl)cc2Cl)ccc2ccccc12. The van der Waals surface area contributed by atoms with E-state index in [1.165, 1.54) is 6.08 Å². The number of fused-ring (bicyclic) bond motifs is 1. The highest BCUT2D eigenvalue weighted by Gasteiger charge is 2.37. The van der Waals surface area contributed by atoms with Gasteiger partial charge in [-0.25, -0.2) is 9.69 Å². The summed E-state index contributed by atoms with van der Waals surface area (Å²) < 4.78 is 6.10. The number of rotatable bonds is 5. The molecule has 0 saturated carbocycles. The summed E-state index contributed by atoms with van der Waals surface area (Å²) in [6, 6.07) is 23.9. The molecule has 1 aliphatic heterocycles. The number of carbonyl (C=O) groups is 3. The number of para-hydroxylation sites is 1. The average molecular weight is 517 g/mol. The maximum Gasteiger partial charge on any atom is 0.335 e. The molecule has 4 aromatic carbocycles. The van der Waals surface area contributed by atoms with Gasteiger partial charge in [0.2, 0.25) is 0 Å². The van der Waals surface area contributed by atoms with Gasteiger partial charge in [-0.2, -0.15) is 0 Å². The van der Waals surface area contributed by atoms with E-state index in [1.54, 1.807) is 54.6 Å². The number of nitrogens with zero attached hydrogens (tertiary/aromatic N) is 1. The number of hydrogen-bond donors (Lipinski definition) is 1. The van der Waals surface area contributed by atoms with Crippen molar-refractivity contribution in [3.05, 3.63) is 112 Å². The minimum atomic E-state index is -0.805. The standard InChI is InChI=1S/C28H18Cl2N2O4/c29-19-12-10-18(24(30)14-19)16-36-25-13-11-17-6-4-5-9-21(17)22(25)15-23-26(33)31-28(35)32(27(23)34)20-7-2-1-3-8-20/h1-15H,16H2,(H,31,33,35)/b23-15+. The van der Waals surface area contributed by atoms with Crippen LogP contribution in [0.5, 0.6) is 5.75 Å². The second-order valence-electron chi connectivity index (χ2n) is 8.02. The molecule has 36 heavy (non-hydrogen) atoms. The molecule has 1 heterocycles. The van der Waals surface area contributed by atoms with Crippen molar-refractivity contribution in [2.75, 3.05) is 4.90 Å². The first-order valence-electron chi connectivity index (χ1n) is 11.0. The van der Waals surface area contributed by atoms with Crippen LogP contribution in [0.1, 0.15) is 11.1 Å². The van der Waals surface area contributed by atoms with Crippen LogP contribution in [-0.4, -0.2) is 17.8 Å². The Morgan fingerprint density at radius 2 is 1.61 bits per heavy atom. The summed E-state index contributed by atoms with van der Waals surface area (Å²) in [6.45, 7) is 0.138. The summed E-state index contributed by atoms with van der Waals surface area (Å²) >= 11 is 12.3. The molecule has 0 atom stereocenters. The number of amides is 4. The van der Waals surface area contributed by atoms with Crippen molar-refractivity contribution in [3.8, 4) is 5.75 Å². The normalized spacial score (nSPS) is 14.9. The van der Waals surface area contributed by atoms with E-state index >= 15 is 0 Å². The molecule has 1 fully saturated rings. The number of carbonyl (C=O) groups excluding carboxylic acids is 3. The molecule has 0 bridgehead atoms. The summed E-state index contributed by atoms with van der Waals surface area (Å²) in [6.07, 6.45) is 1.46. The summed E-state index contributed by atoms with van der Waals surface area (Å²) in [5.74, 6) is -1.07. The third-order valence-corrected chi connectivity index (χ3v) is 6.32. The van der Waals surface area contributed by atoms with Crippen LogP contribution >= 0.6 is 23.2 Å². The van der Waals surface area contributed by atoms with E-state index in [0.717, 1.165) is 21.2 Å². The van der Waals surface area contributed by atoms with Crippen molar-refractivity contribution in [2.45, 2.75) is 6.61 Å². The molecule has 0 spiro atoms. The molecule has 8 heteroatoms. The first kappa shape index (κ1) is 23.6. The molecule has 1 aliphatic rings. The topological polar surface area (TPSA) is 75.7 Å². The molecular weight excluding hydrogens is 499 g/mol. The minimum Gasteiger partial charge on any atom is -0.488 e. The lowest BCUT2D eigenvalue weighted by atomic mass is 9.99. The van der Waals surface area contributed by atoms with Crippen molar-refractivity contribution < 1.29 is 19.1 Å². The van der Waals surface area contributed by atoms with E-state index < -0.39 is 17.8 Å².